The maximum atomic E-state index is 12.0. The van der Waals surface area contributed by atoms with E-state index in [0.29, 0.717) is 30.0 Å². The minimum atomic E-state index is -0.0776. The number of nitrogens with one attached hydrogen (secondary N) is 1. The zero-order chi connectivity index (χ0) is 18.1. The van der Waals surface area contributed by atoms with Gasteiger partial charge in [-0.15, -0.1) is 0 Å². The van der Waals surface area contributed by atoms with Crippen LogP contribution in [-0.2, 0) is 20.2 Å². The highest BCUT2D eigenvalue weighted by atomic mass is 16.5. The van der Waals surface area contributed by atoms with Crippen LogP contribution in [0.2, 0.25) is 0 Å². The van der Waals surface area contributed by atoms with Gasteiger partial charge in [-0.2, -0.15) is 10.4 Å². The van der Waals surface area contributed by atoms with Crippen LogP contribution in [0.4, 0.5) is 0 Å². The quantitative estimate of drug-likeness (QED) is 0.789. The van der Waals surface area contributed by atoms with Crippen molar-refractivity contribution in [3.05, 3.63) is 71.0 Å². The van der Waals surface area contributed by atoms with E-state index in [1.165, 1.54) is 0 Å². The number of nitrogens with zero attached hydrogens (tertiary/aromatic N) is 3. The standard InChI is InChI=1S/C20H16N4O2/c1-24-7-6-16(23-24)12-26-19-8-15-11-22-20(25)18(15)9-17(19)14-4-2-13(10-21)3-5-14/h2-9H,11-12H2,1H3,(H,22,25). The van der Waals surface area contributed by atoms with Crippen molar-refractivity contribution >= 4 is 5.91 Å². The number of ether oxygens (including phenoxy) is 1. The number of hydrogen-bond acceptors (Lipinski definition) is 4. The maximum Gasteiger partial charge on any atom is 0.251 e. The molecule has 3 aromatic rings. The van der Waals surface area contributed by atoms with Crippen molar-refractivity contribution < 1.29 is 9.53 Å². The van der Waals surface area contributed by atoms with E-state index in [4.69, 9.17) is 10.00 Å². The second-order valence-corrected chi connectivity index (χ2v) is 6.15. The van der Waals surface area contributed by atoms with Crippen LogP contribution in [0, 0.1) is 11.3 Å². The van der Waals surface area contributed by atoms with Gasteiger partial charge in [-0.1, -0.05) is 12.1 Å². The highest BCUT2D eigenvalue weighted by Gasteiger charge is 2.22. The van der Waals surface area contributed by atoms with Gasteiger partial charge in [0.1, 0.15) is 12.4 Å². The monoisotopic (exact) mass is 344 g/mol. The minimum absolute atomic E-state index is 0.0776. The van der Waals surface area contributed by atoms with E-state index in [1.807, 2.05) is 43.6 Å². The number of aromatic nitrogens is 2. The van der Waals surface area contributed by atoms with Crippen LogP contribution in [0.15, 0.2) is 48.7 Å². The zero-order valence-electron chi connectivity index (χ0n) is 14.2. The second kappa shape index (κ2) is 6.37. The Morgan fingerprint density at radius 2 is 2.04 bits per heavy atom. The van der Waals surface area contributed by atoms with Crippen molar-refractivity contribution in [1.29, 1.82) is 5.26 Å². The first-order valence-corrected chi connectivity index (χ1v) is 8.21. The van der Waals surface area contributed by atoms with Crippen molar-refractivity contribution in [2.75, 3.05) is 0 Å². The van der Waals surface area contributed by atoms with E-state index in [9.17, 15) is 4.79 Å². The van der Waals surface area contributed by atoms with Gasteiger partial charge in [-0.3, -0.25) is 9.48 Å². The van der Waals surface area contributed by atoms with Crippen molar-refractivity contribution in [2.45, 2.75) is 13.2 Å². The molecule has 0 radical (unpaired) electrons. The third-order valence-corrected chi connectivity index (χ3v) is 4.36. The fourth-order valence-electron chi connectivity index (χ4n) is 3.01. The van der Waals surface area contributed by atoms with Crippen LogP contribution in [-0.4, -0.2) is 15.7 Å². The van der Waals surface area contributed by atoms with Crippen LogP contribution < -0.4 is 10.1 Å². The predicted octanol–water partition coefficient (Wildman–Crippen LogP) is 2.78. The summed E-state index contributed by atoms with van der Waals surface area (Å²) in [6, 6.07) is 15.0. The molecule has 0 bridgehead atoms. The maximum absolute atomic E-state index is 12.0. The van der Waals surface area contributed by atoms with Gasteiger partial charge in [0, 0.05) is 30.9 Å². The summed E-state index contributed by atoms with van der Waals surface area (Å²) in [5, 5.41) is 16.1. The Hall–Kier alpha value is -3.59. The van der Waals surface area contributed by atoms with Gasteiger partial charge in [0.15, 0.2) is 0 Å². The average molecular weight is 344 g/mol. The number of fused-ring (bicyclic) bond motifs is 1. The number of aryl methyl sites for hydroxylation is 1. The molecule has 0 unspecified atom stereocenters. The molecule has 2 aromatic carbocycles. The molecule has 1 N–H and O–H groups in total. The largest absolute Gasteiger partial charge is 0.487 e. The lowest BCUT2D eigenvalue weighted by atomic mass is 9.98. The molecule has 0 atom stereocenters. The van der Waals surface area contributed by atoms with E-state index < -0.39 is 0 Å². The van der Waals surface area contributed by atoms with Crippen LogP contribution in [0.25, 0.3) is 11.1 Å². The number of carbonyl (C=O) groups excluding carboxylic acids is 1. The van der Waals surface area contributed by atoms with Crippen LogP contribution in [0.3, 0.4) is 0 Å². The summed E-state index contributed by atoms with van der Waals surface area (Å²) in [6.45, 7) is 0.839. The molecule has 26 heavy (non-hydrogen) atoms. The molecule has 0 spiro atoms. The highest BCUT2D eigenvalue weighted by Crippen LogP contribution is 2.35. The summed E-state index contributed by atoms with van der Waals surface area (Å²) in [4.78, 5) is 12.0. The summed E-state index contributed by atoms with van der Waals surface area (Å²) in [7, 11) is 1.86. The first kappa shape index (κ1) is 15.9. The zero-order valence-corrected chi connectivity index (χ0v) is 14.2. The highest BCUT2D eigenvalue weighted by molar-refractivity contribution is 6.00. The van der Waals surface area contributed by atoms with E-state index >= 15 is 0 Å². The van der Waals surface area contributed by atoms with Crippen molar-refractivity contribution in [3.63, 3.8) is 0 Å². The molecule has 2 heterocycles. The van der Waals surface area contributed by atoms with Gasteiger partial charge < -0.3 is 10.1 Å². The Bertz CT molecular complexity index is 1030. The number of amides is 1. The Kier molecular flexibility index (Phi) is 3.90. The Morgan fingerprint density at radius 1 is 1.23 bits per heavy atom. The third-order valence-electron chi connectivity index (χ3n) is 4.36. The van der Waals surface area contributed by atoms with E-state index in [1.54, 1.807) is 16.8 Å². The molecule has 4 rings (SSSR count). The second-order valence-electron chi connectivity index (χ2n) is 6.15. The third kappa shape index (κ3) is 2.91. The van der Waals surface area contributed by atoms with E-state index in [-0.39, 0.29) is 5.91 Å². The van der Waals surface area contributed by atoms with Crippen molar-refractivity contribution in [1.82, 2.24) is 15.1 Å². The smallest absolute Gasteiger partial charge is 0.251 e. The number of benzene rings is 2. The molecule has 0 aliphatic carbocycles. The summed E-state index contributed by atoms with van der Waals surface area (Å²) in [6.07, 6.45) is 1.87. The van der Waals surface area contributed by atoms with E-state index in [0.717, 1.165) is 22.4 Å². The molecule has 1 aliphatic heterocycles. The number of hydrogen-bond donors (Lipinski definition) is 1. The molecule has 0 saturated heterocycles. The molecule has 128 valence electrons. The molecular formula is C20H16N4O2. The molecule has 1 amide bonds. The summed E-state index contributed by atoms with van der Waals surface area (Å²) < 4.78 is 7.76. The molecule has 6 heteroatoms. The van der Waals surface area contributed by atoms with E-state index in [2.05, 4.69) is 16.5 Å². The molecule has 0 saturated carbocycles. The SMILES string of the molecule is Cn1ccc(COc2cc3c(cc2-c2ccc(C#N)cc2)C(=O)NC3)n1. The average Bonchev–Trinajstić information content (AvgIpc) is 3.25. The van der Waals surface area contributed by atoms with Gasteiger partial charge in [0.2, 0.25) is 0 Å². The molecule has 1 aliphatic rings. The lowest BCUT2D eigenvalue weighted by Crippen LogP contribution is -2.12. The molecule has 1 aromatic heterocycles. The van der Waals surface area contributed by atoms with Crippen LogP contribution >= 0.6 is 0 Å². The Labute approximate surface area is 150 Å². The molecular weight excluding hydrogens is 328 g/mol. The number of carbonyl (C=O) groups is 1. The van der Waals surface area contributed by atoms with Crippen LogP contribution in [0.5, 0.6) is 5.75 Å². The predicted molar refractivity (Wildman–Crippen MR) is 95.3 cm³/mol. The summed E-state index contributed by atoms with van der Waals surface area (Å²) >= 11 is 0. The number of rotatable bonds is 4. The van der Waals surface area contributed by atoms with Crippen molar-refractivity contribution in [3.8, 4) is 22.9 Å². The minimum Gasteiger partial charge on any atom is -0.487 e. The van der Waals surface area contributed by atoms with Crippen molar-refractivity contribution in [2.24, 2.45) is 7.05 Å². The Balaban J connectivity index is 1.73. The first-order chi connectivity index (χ1) is 12.6. The molecule has 0 fully saturated rings. The van der Waals surface area contributed by atoms with Gasteiger partial charge in [0.25, 0.3) is 5.91 Å². The van der Waals surface area contributed by atoms with Gasteiger partial charge in [-0.05, 0) is 41.5 Å². The van der Waals surface area contributed by atoms with Gasteiger partial charge in [-0.25, -0.2) is 0 Å². The summed E-state index contributed by atoms with van der Waals surface area (Å²) in [5.74, 6) is 0.613. The Morgan fingerprint density at radius 3 is 2.73 bits per heavy atom. The van der Waals surface area contributed by atoms with Gasteiger partial charge in [0.05, 0.1) is 17.3 Å². The summed E-state index contributed by atoms with van der Waals surface area (Å²) in [5.41, 5.74) is 4.71. The topological polar surface area (TPSA) is 79.9 Å². The normalized spacial score (nSPS) is 12.4. The van der Waals surface area contributed by atoms with Crippen LogP contribution in [0.1, 0.15) is 27.2 Å². The fourth-order valence-corrected chi connectivity index (χ4v) is 3.01. The molecule has 6 nitrogen and oxygen atoms in total. The number of nitriles is 1. The van der Waals surface area contributed by atoms with Gasteiger partial charge >= 0.3 is 0 Å². The first-order valence-electron chi connectivity index (χ1n) is 8.21. The lowest BCUT2D eigenvalue weighted by molar-refractivity contribution is 0.0966. The lowest BCUT2D eigenvalue weighted by Gasteiger charge is -2.13. The fraction of sp³-hybridized carbons (Fsp3) is 0.150.